The monoisotopic (exact) mass is 398 g/mol. The molecule has 1 heterocycles. The number of hydrogen-bond donors (Lipinski definition) is 2. The molecule has 3 rings (SSSR count). The van der Waals surface area contributed by atoms with Gasteiger partial charge in [-0.2, -0.15) is 0 Å². The Kier molecular flexibility index (Phi) is 6.46. The van der Waals surface area contributed by atoms with Gasteiger partial charge in [-0.05, 0) is 56.7 Å². The molecule has 1 aromatic heterocycles. The summed E-state index contributed by atoms with van der Waals surface area (Å²) in [4.78, 5) is 22.4. The Bertz CT molecular complexity index is 966. The number of anilines is 2. The normalized spacial score (nSPS) is 10.9. The van der Waals surface area contributed by atoms with Crippen LogP contribution in [0.3, 0.4) is 0 Å². The number of thioether (sulfide) groups is 1. The van der Waals surface area contributed by atoms with Gasteiger partial charge >= 0.3 is 0 Å². The second-order valence-electron chi connectivity index (χ2n) is 6.44. The predicted octanol–water partition coefficient (Wildman–Crippen LogP) is 4.46. The molecule has 6 nitrogen and oxygen atoms in total. The minimum atomic E-state index is -0.0574. The number of benzene rings is 2. The molecule has 1 amide bonds. The Balaban J connectivity index is 1.60. The highest BCUT2D eigenvalue weighted by Gasteiger charge is 2.10. The zero-order chi connectivity index (χ0) is 20.1. The molecule has 0 radical (unpaired) electrons. The van der Waals surface area contributed by atoms with E-state index < -0.39 is 0 Å². The number of nitrogens with zero attached hydrogens (tertiary/aromatic N) is 2. The lowest BCUT2D eigenvalue weighted by Crippen LogP contribution is -2.22. The van der Waals surface area contributed by atoms with Crippen LogP contribution in [0, 0.1) is 6.92 Å². The van der Waals surface area contributed by atoms with Gasteiger partial charge in [-0.15, -0.1) is 0 Å². The summed E-state index contributed by atoms with van der Waals surface area (Å²) in [5.41, 5.74) is 4.92. The summed E-state index contributed by atoms with van der Waals surface area (Å²) in [6, 6.07) is 11.7. The minimum absolute atomic E-state index is 0.0574. The molecule has 0 aliphatic rings. The van der Waals surface area contributed by atoms with Crippen molar-refractivity contribution in [1.29, 1.82) is 0 Å². The lowest BCUT2D eigenvalue weighted by molar-refractivity contribution is -0.113. The molecule has 0 fully saturated rings. The number of amides is 1. The lowest BCUT2D eigenvalue weighted by atomic mass is 10.1. The van der Waals surface area contributed by atoms with Gasteiger partial charge in [-0.1, -0.05) is 11.8 Å². The van der Waals surface area contributed by atoms with Gasteiger partial charge < -0.3 is 19.9 Å². The molecule has 0 aliphatic carbocycles. The van der Waals surface area contributed by atoms with Gasteiger partial charge in [0.05, 0.1) is 23.9 Å². The summed E-state index contributed by atoms with van der Waals surface area (Å²) in [6.07, 6.45) is 0. The van der Waals surface area contributed by atoms with Crippen molar-refractivity contribution < 1.29 is 9.53 Å². The van der Waals surface area contributed by atoms with E-state index in [1.54, 1.807) is 7.11 Å². The quantitative estimate of drug-likeness (QED) is 0.548. The first-order chi connectivity index (χ1) is 13.5. The second kappa shape index (κ2) is 9.01. The number of nitrogens with one attached hydrogen (secondary N) is 2. The summed E-state index contributed by atoms with van der Waals surface area (Å²) in [5.74, 6) is 1.00. The van der Waals surface area contributed by atoms with Gasteiger partial charge in [0.25, 0.3) is 0 Å². The number of aromatic nitrogens is 2. The van der Waals surface area contributed by atoms with E-state index in [1.165, 1.54) is 17.4 Å². The maximum atomic E-state index is 12.3. The Hall–Kier alpha value is -2.67. The Morgan fingerprint density at radius 3 is 2.68 bits per heavy atom. The third-order valence-electron chi connectivity index (χ3n) is 4.59. The molecular formula is C21H26N4O2S. The number of aryl methyl sites for hydroxylation is 1. The Labute approximate surface area is 169 Å². The zero-order valence-corrected chi connectivity index (χ0v) is 17.5. The SMILES string of the molecule is CCN(CC)c1ccc(NC(=O)CSc2nc3ccc(OC)cc3[nH]2)cc1C. The average molecular weight is 399 g/mol. The molecule has 2 aromatic carbocycles. The number of carbonyl (C=O) groups is 1. The number of methoxy groups -OCH3 is 1. The predicted molar refractivity (Wildman–Crippen MR) is 117 cm³/mol. The fraction of sp³-hybridized carbons (Fsp3) is 0.333. The first-order valence-corrected chi connectivity index (χ1v) is 10.3. The first kappa shape index (κ1) is 20.1. The van der Waals surface area contributed by atoms with Crippen molar-refractivity contribution in [3.8, 4) is 5.75 Å². The molecule has 0 atom stereocenters. The number of fused-ring (bicyclic) bond motifs is 1. The molecule has 0 unspecified atom stereocenters. The van der Waals surface area contributed by atoms with E-state index >= 15 is 0 Å². The van der Waals surface area contributed by atoms with Gasteiger partial charge in [0, 0.05) is 30.5 Å². The van der Waals surface area contributed by atoms with Crippen molar-refractivity contribution in [2.45, 2.75) is 25.9 Å². The minimum Gasteiger partial charge on any atom is -0.497 e. The summed E-state index contributed by atoms with van der Waals surface area (Å²) in [7, 11) is 1.63. The molecule has 0 bridgehead atoms. The van der Waals surface area contributed by atoms with E-state index in [0.717, 1.165) is 41.1 Å². The van der Waals surface area contributed by atoms with E-state index in [0.29, 0.717) is 5.16 Å². The van der Waals surface area contributed by atoms with E-state index in [2.05, 4.69) is 47.0 Å². The highest BCUT2D eigenvalue weighted by Crippen LogP contribution is 2.25. The van der Waals surface area contributed by atoms with Crippen LogP contribution in [0.25, 0.3) is 11.0 Å². The van der Waals surface area contributed by atoms with Gasteiger partial charge in [-0.25, -0.2) is 4.98 Å². The summed E-state index contributed by atoms with van der Waals surface area (Å²) >= 11 is 1.38. The molecule has 7 heteroatoms. The highest BCUT2D eigenvalue weighted by molar-refractivity contribution is 7.99. The Morgan fingerprint density at radius 1 is 1.21 bits per heavy atom. The van der Waals surface area contributed by atoms with Gasteiger partial charge in [0.15, 0.2) is 5.16 Å². The summed E-state index contributed by atoms with van der Waals surface area (Å²) in [5, 5.41) is 3.68. The number of carbonyl (C=O) groups excluding carboxylic acids is 1. The fourth-order valence-electron chi connectivity index (χ4n) is 3.14. The van der Waals surface area contributed by atoms with Crippen LogP contribution in [0.2, 0.25) is 0 Å². The first-order valence-electron chi connectivity index (χ1n) is 9.36. The van der Waals surface area contributed by atoms with Crippen molar-refractivity contribution in [2.24, 2.45) is 0 Å². The molecular weight excluding hydrogens is 372 g/mol. The van der Waals surface area contributed by atoms with E-state index in [9.17, 15) is 4.79 Å². The number of ether oxygens (including phenoxy) is 1. The number of hydrogen-bond acceptors (Lipinski definition) is 5. The molecule has 28 heavy (non-hydrogen) atoms. The standard InChI is InChI=1S/C21H26N4O2S/c1-5-25(6-2)19-10-7-15(11-14(19)3)22-20(26)13-28-21-23-17-9-8-16(27-4)12-18(17)24-21/h7-12H,5-6,13H2,1-4H3,(H,22,26)(H,23,24). The van der Waals surface area contributed by atoms with Crippen LogP contribution in [0.15, 0.2) is 41.6 Å². The van der Waals surface area contributed by atoms with Gasteiger partial charge in [0.2, 0.25) is 5.91 Å². The number of H-pyrrole nitrogens is 1. The van der Waals surface area contributed by atoms with Crippen molar-refractivity contribution >= 4 is 40.1 Å². The molecule has 3 aromatic rings. The number of imidazole rings is 1. The van der Waals surface area contributed by atoms with Crippen molar-refractivity contribution in [3.63, 3.8) is 0 Å². The third-order valence-corrected chi connectivity index (χ3v) is 5.47. The van der Waals surface area contributed by atoms with Crippen molar-refractivity contribution in [3.05, 3.63) is 42.0 Å². The molecule has 0 saturated carbocycles. The van der Waals surface area contributed by atoms with E-state index in [4.69, 9.17) is 4.74 Å². The maximum Gasteiger partial charge on any atom is 0.234 e. The van der Waals surface area contributed by atoms with E-state index in [-0.39, 0.29) is 11.7 Å². The smallest absolute Gasteiger partial charge is 0.234 e. The molecule has 0 aliphatic heterocycles. The summed E-state index contributed by atoms with van der Waals surface area (Å²) in [6.45, 7) is 8.28. The van der Waals surface area contributed by atoms with Crippen molar-refractivity contribution in [2.75, 3.05) is 36.2 Å². The third kappa shape index (κ3) is 4.59. The largest absolute Gasteiger partial charge is 0.497 e. The maximum absolute atomic E-state index is 12.3. The Morgan fingerprint density at radius 2 is 2.00 bits per heavy atom. The van der Waals surface area contributed by atoms with Crippen LogP contribution < -0.4 is 15.0 Å². The van der Waals surface area contributed by atoms with Gasteiger partial charge in [0.1, 0.15) is 5.75 Å². The molecule has 2 N–H and O–H groups in total. The summed E-state index contributed by atoms with van der Waals surface area (Å²) < 4.78 is 5.22. The highest BCUT2D eigenvalue weighted by atomic mass is 32.2. The topological polar surface area (TPSA) is 70.2 Å². The van der Waals surface area contributed by atoms with Crippen LogP contribution in [-0.4, -0.2) is 41.8 Å². The van der Waals surface area contributed by atoms with Crippen LogP contribution in [0.5, 0.6) is 5.75 Å². The molecule has 0 saturated heterocycles. The van der Waals surface area contributed by atoms with Crippen LogP contribution >= 0.6 is 11.8 Å². The van der Waals surface area contributed by atoms with E-state index in [1.807, 2.05) is 30.3 Å². The van der Waals surface area contributed by atoms with Crippen LogP contribution in [0.1, 0.15) is 19.4 Å². The van der Waals surface area contributed by atoms with Crippen molar-refractivity contribution in [1.82, 2.24) is 9.97 Å². The second-order valence-corrected chi connectivity index (χ2v) is 7.40. The lowest BCUT2D eigenvalue weighted by Gasteiger charge is -2.23. The zero-order valence-electron chi connectivity index (χ0n) is 16.7. The number of aromatic amines is 1. The molecule has 148 valence electrons. The van der Waals surface area contributed by atoms with Crippen LogP contribution in [0.4, 0.5) is 11.4 Å². The average Bonchev–Trinajstić information content (AvgIpc) is 3.10. The number of rotatable bonds is 8. The molecule has 0 spiro atoms. The van der Waals surface area contributed by atoms with Crippen LogP contribution in [-0.2, 0) is 4.79 Å². The van der Waals surface area contributed by atoms with Gasteiger partial charge in [-0.3, -0.25) is 4.79 Å². The fourth-order valence-corrected chi connectivity index (χ4v) is 3.83.